The first-order valence-electron chi connectivity index (χ1n) is 7.17. The highest BCUT2D eigenvalue weighted by atomic mass is 14.9. The van der Waals surface area contributed by atoms with Crippen LogP contribution in [0.5, 0.6) is 0 Å². The van der Waals surface area contributed by atoms with Gasteiger partial charge < -0.3 is 5.32 Å². The molecule has 1 aliphatic heterocycles. The maximum absolute atomic E-state index is 3.68. The molecule has 1 heterocycles. The number of hydrogen-bond acceptors (Lipinski definition) is 1. The molecule has 3 rings (SSSR count). The Morgan fingerprint density at radius 3 is 2.71 bits per heavy atom. The molecule has 17 heavy (non-hydrogen) atoms. The molecule has 1 heteroatoms. The van der Waals surface area contributed by atoms with Gasteiger partial charge in [-0.3, -0.25) is 0 Å². The normalized spacial score (nSPS) is 25.1. The molecule has 1 nitrogen and oxygen atoms in total. The minimum atomic E-state index is 0.879. The lowest BCUT2D eigenvalue weighted by atomic mass is 9.75. The SMILES string of the molecule is Cc1cccc2c1NCC(C1CCCCC1)C2. The Labute approximate surface area is 105 Å². The van der Waals surface area contributed by atoms with Crippen LogP contribution in [0.4, 0.5) is 5.69 Å². The molecule has 0 amide bonds. The zero-order valence-corrected chi connectivity index (χ0v) is 10.8. The number of benzene rings is 1. The molecular weight excluding hydrogens is 206 g/mol. The Hall–Kier alpha value is -0.980. The maximum Gasteiger partial charge on any atom is 0.0402 e. The quantitative estimate of drug-likeness (QED) is 0.762. The summed E-state index contributed by atoms with van der Waals surface area (Å²) in [5, 5.41) is 3.68. The molecule has 1 unspecified atom stereocenters. The van der Waals surface area contributed by atoms with Crippen molar-refractivity contribution in [2.24, 2.45) is 11.8 Å². The van der Waals surface area contributed by atoms with Gasteiger partial charge in [0.1, 0.15) is 0 Å². The molecule has 0 bridgehead atoms. The summed E-state index contributed by atoms with van der Waals surface area (Å²) in [5.41, 5.74) is 4.37. The fourth-order valence-corrected chi connectivity index (χ4v) is 3.68. The lowest BCUT2D eigenvalue weighted by Gasteiger charge is -2.35. The van der Waals surface area contributed by atoms with E-state index in [2.05, 4.69) is 30.4 Å². The number of hydrogen-bond donors (Lipinski definition) is 1. The van der Waals surface area contributed by atoms with E-state index in [1.54, 1.807) is 5.56 Å². The van der Waals surface area contributed by atoms with Crippen LogP contribution < -0.4 is 5.32 Å². The van der Waals surface area contributed by atoms with Crippen LogP contribution in [0.15, 0.2) is 18.2 Å². The first kappa shape index (κ1) is 11.1. The van der Waals surface area contributed by atoms with E-state index in [9.17, 15) is 0 Å². The van der Waals surface area contributed by atoms with Gasteiger partial charge in [-0.25, -0.2) is 0 Å². The van der Waals surface area contributed by atoms with Crippen LogP contribution in [0.25, 0.3) is 0 Å². The summed E-state index contributed by atoms with van der Waals surface area (Å²) in [6.45, 7) is 3.41. The molecule has 1 atom stereocenters. The van der Waals surface area contributed by atoms with Crippen molar-refractivity contribution in [3.63, 3.8) is 0 Å². The zero-order valence-electron chi connectivity index (χ0n) is 10.8. The highest BCUT2D eigenvalue weighted by molar-refractivity contribution is 5.58. The van der Waals surface area contributed by atoms with Crippen LogP contribution >= 0.6 is 0 Å². The molecule has 0 spiro atoms. The molecule has 1 fully saturated rings. The Morgan fingerprint density at radius 1 is 1.06 bits per heavy atom. The molecule has 0 radical (unpaired) electrons. The van der Waals surface area contributed by atoms with Gasteiger partial charge in [0.05, 0.1) is 0 Å². The summed E-state index contributed by atoms with van der Waals surface area (Å²) >= 11 is 0. The molecule has 1 aromatic carbocycles. The topological polar surface area (TPSA) is 12.0 Å². The van der Waals surface area contributed by atoms with E-state index in [0.717, 1.165) is 11.8 Å². The van der Waals surface area contributed by atoms with E-state index in [-0.39, 0.29) is 0 Å². The van der Waals surface area contributed by atoms with Gasteiger partial charge in [0.2, 0.25) is 0 Å². The molecule has 2 aliphatic rings. The minimum Gasteiger partial charge on any atom is -0.384 e. The maximum atomic E-state index is 3.68. The second-order valence-corrected chi connectivity index (χ2v) is 5.85. The molecule has 1 N–H and O–H groups in total. The third-order valence-electron chi connectivity index (χ3n) is 4.70. The Bertz CT molecular complexity index is 391. The predicted octanol–water partition coefficient (Wildman–Crippen LogP) is 4.16. The highest BCUT2D eigenvalue weighted by Crippen LogP contribution is 2.36. The van der Waals surface area contributed by atoms with Gasteiger partial charge in [-0.1, -0.05) is 50.3 Å². The summed E-state index contributed by atoms with van der Waals surface area (Å²) in [6, 6.07) is 6.73. The Balaban J connectivity index is 1.76. The van der Waals surface area contributed by atoms with Crippen molar-refractivity contribution in [1.82, 2.24) is 0 Å². The average molecular weight is 229 g/mol. The fourth-order valence-electron chi connectivity index (χ4n) is 3.68. The number of aryl methyl sites for hydroxylation is 1. The second-order valence-electron chi connectivity index (χ2n) is 5.85. The summed E-state index contributed by atoms with van der Waals surface area (Å²) in [4.78, 5) is 0. The highest BCUT2D eigenvalue weighted by Gasteiger charge is 2.27. The summed E-state index contributed by atoms with van der Waals surface area (Å²) in [7, 11) is 0. The van der Waals surface area contributed by atoms with Crippen molar-refractivity contribution in [2.45, 2.75) is 45.4 Å². The first-order valence-corrected chi connectivity index (χ1v) is 7.17. The van der Waals surface area contributed by atoms with Crippen LogP contribution in [0.3, 0.4) is 0 Å². The monoisotopic (exact) mass is 229 g/mol. The Morgan fingerprint density at radius 2 is 1.88 bits per heavy atom. The number of fused-ring (bicyclic) bond motifs is 1. The number of anilines is 1. The van der Waals surface area contributed by atoms with Gasteiger partial charge >= 0.3 is 0 Å². The van der Waals surface area contributed by atoms with Gasteiger partial charge in [-0.05, 0) is 36.3 Å². The van der Waals surface area contributed by atoms with E-state index < -0.39 is 0 Å². The lowest BCUT2D eigenvalue weighted by molar-refractivity contribution is 0.252. The molecular formula is C16H23N. The summed E-state index contributed by atoms with van der Waals surface area (Å²) in [6.07, 6.45) is 8.62. The molecule has 0 aromatic heterocycles. The van der Waals surface area contributed by atoms with E-state index >= 15 is 0 Å². The zero-order chi connectivity index (χ0) is 11.7. The van der Waals surface area contributed by atoms with Crippen molar-refractivity contribution in [1.29, 1.82) is 0 Å². The van der Waals surface area contributed by atoms with E-state index in [1.807, 2.05) is 0 Å². The van der Waals surface area contributed by atoms with Crippen LogP contribution in [0, 0.1) is 18.8 Å². The van der Waals surface area contributed by atoms with Crippen LogP contribution in [0.1, 0.15) is 43.2 Å². The summed E-state index contributed by atoms with van der Waals surface area (Å²) < 4.78 is 0. The van der Waals surface area contributed by atoms with Crippen molar-refractivity contribution in [2.75, 3.05) is 11.9 Å². The molecule has 1 saturated carbocycles. The smallest absolute Gasteiger partial charge is 0.0402 e. The van der Waals surface area contributed by atoms with Crippen LogP contribution in [0.2, 0.25) is 0 Å². The van der Waals surface area contributed by atoms with Gasteiger partial charge in [0.25, 0.3) is 0 Å². The first-order chi connectivity index (χ1) is 8.34. The summed E-state index contributed by atoms with van der Waals surface area (Å²) in [5.74, 6) is 1.86. The largest absolute Gasteiger partial charge is 0.384 e. The van der Waals surface area contributed by atoms with Gasteiger partial charge in [0.15, 0.2) is 0 Å². The van der Waals surface area contributed by atoms with Crippen molar-refractivity contribution in [3.8, 4) is 0 Å². The standard InChI is InChI=1S/C16H23N/c1-12-6-5-9-14-10-15(11-17-16(12)14)13-7-3-2-4-8-13/h5-6,9,13,15,17H,2-4,7-8,10-11H2,1H3. The Kier molecular flexibility index (Phi) is 3.09. The van der Waals surface area contributed by atoms with Crippen molar-refractivity contribution >= 4 is 5.69 Å². The molecule has 1 aliphatic carbocycles. The van der Waals surface area contributed by atoms with Crippen molar-refractivity contribution < 1.29 is 0 Å². The van der Waals surface area contributed by atoms with Crippen molar-refractivity contribution in [3.05, 3.63) is 29.3 Å². The number of rotatable bonds is 1. The van der Waals surface area contributed by atoms with E-state index in [4.69, 9.17) is 0 Å². The van der Waals surface area contributed by atoms with Gasteiger partial charge in [-0.15, -0.1) is 0 Å². The van der Waals surface area contributed by atoms with E-state index in [1.165, 1.54) is 56.3 Å². The number of nitrogens with one attached hydrogen (secondary N) is 1. The second kappa shape index (κ2) is 4.72. The molecule has 1 aromatic rings. The van der Waals surface area contributed by atoms with Crippen LogP contribution in [-0.2, 0) is 6.42 Å². The average Bonchev–Trinajstić information content (AvgIpc) is 2.40. The van der Waals surface area contributed by atoms with Gasteiger partial charge in [-0.2, -0.15) is 0 Å². The predicted molar refractivity (Wildman–Crippen MR) is 73.4 cm³/mol. The van der Waals surface area contributed by atoms with E-state index in [0.29, 0.717) is 0 Å². The minimum absolute atomic E-state index is 0.879. The third kappa shape index (κ3) is 2.20. The van der Waals surface area contributed by atoms with Gasteiger partial charge in [0, 0.05) is 12.2 Å². The van der Waals surface area contributed by atoms with Crippen LogP contribution in [-0.4, -0.2) is 6.54 Å². The molecule has 0 saturated heterocycles. The lowest BCUT2D eigenvalue weighted by Crippen LogP contribution is -2.31. The molecule has 92 valence electrons. The number of para-hydroxylation sites is 1. The third-order valence-corrected chi connectivity index (χ3v) is 4.70. The fraction of sp³-hybridized carbons (Fsp3) is 0.625.